The fourth-order valence-corrected chi connectivity index (χ4v) is 3.50. The molecule has 1 N–H and O–H groups in total. The van der Waals surface area contributed by atoms with E-state index in [1.807, 2.05) is 0 Å². The topological polar surface area (TPSA) is 20.2 Å². The highest BCUT2D eigenvalue weighted by atomic mass is 79.9. The zero-order chi connectivity index (χ0) is 14.1. The average molecular weight is 336 g/mol. The van der Waals surface area contributed by atoms with Crippen molar-refractivity contribution in [1.29, 1.82) is 0 Å². The van der Waals surface area contributed by atoms with Crippen LogP contribution in [0.25, 0.3) is 10.9 Å². The van der Waals surface area contributed by atoms with Gasteiger partial charge in [-0.25, -0.2) is 0 Å². The quantitative estimate of drug-likeness (QED) is 0.930. The Hall–Kier alpha value is -0.840. The summed E-state index contributed by atoms with van der Waals surface area (Å²) in [6, 6.07) is 6.60. The summed E-state index contributed by atoms with van der Waals surface area (Å²) in [5.74, 6) is 0. The van der Waals surface area contributed by atoms with Gasteiger partial charge >= 0.3 is 0 Å². The van der Waals surface area contributed by atoms with Gasteiger partial charge in [0.15, 0.2) is 0 Å². The first-order valence-corrected chi connectivity index (χ1v) is 8.12. The summed E-state index contributed by atoms with van der Waals surface area (Å²) in [6.45, 7) is 8.00. The van der Waals surface area contributed by atoms with Crippen molar-refractivity contribution in [2.24, 2.45) is 7.05 Å². The first kappa shape index (κ1) is 14.1. The molecule has 0 unspecified atom stereocenters. The summed E-state index contributed by atoms with van der Waals surface area (Å²) in [4.78, 5) is 2.56. The van der Waals surface area contributed by atoms with Crippen LogP contribution in [0.4, 0.5) is 0 Å². The SMILES string of the molecule is Cc1c(CCN2CCNCC2)c2cc(Br)ccc2n1C. The van der Waals surface area contributed by atoms with Crippen molar-refractivity contribution in [1.82, 2.24) is 14.8 Å². The van der Waals surface area contributed by atoms with Crippen LogP contribution in [0, 0.1) is 6.92 Å². The number of nitrogens with one attached hydrogen (secondary N) is 1. The molecule has 1 fully saturated rings. The molecule has 108 valence electrons. The molecule has 0 bridgehead atoms. The second-order valence-corrected chi connectivity index (χ2v) is 6.54. The Bertz CT molecular complexity index is 612. The monoisotopic (exact) mass is 335 g/mol. The summed E-state index contributed by atoms with van der Waals surface area (Å²) in [5.41, 5.74) is 4.23. The molecule has 1 aliphatic rings. The fourth-order valence-electron chi connectivity index (χ4n) is 3.14. The summed E-state index contributed by atoms with van der Waals surface area (Å²) in [7, 11) is 2.17. The van der Waals surface area contributed by atoms with Gasteiger partial charge in [-0.05, 0) is 37.1 Å². The molecule has 1 aromatic heterocycles. The van der Waals surface area contributed by atoms with Gasteiger partial charge in [-0.1, -0.05) is 15.9 Å². The van der Waals surface area contributed by atoms with E-state index in [2.05, 4.69) is 62.9 Å². The molecular weight excluding hydrogens is 314 g/mol. The minimum Gasteiger partial charge on any atom is -0.348 e. The van der Waals surface area contributed by atoms with Crippen LogP contribution in [-0.2, 0) is 13.5 Å². The number of aryl methyl sites for hydroxylation is 1. The molecule has 3 rings (SSSR count). The van der Waals surface area contributed by atoms with E-state index >= 15 is 0 Å². The van der Waals surface area contributed by atoms with Gasteiger partial charge in [-0.15, -0.1) is 0 Å². The lowest BCUT2D eigenvalue weighted by molar-refractivity contribution is 0.244. The summed E-state index contributed by atoms with van der Waals surface area (Å²) >= 11 is 3.60. The van der Waals surface area contributed by atoms with Gasteiger partial charge in [-0.3, -0.25) is 0 Å². The van der Waals surface area contributed by atoms with Crippen molar-refractivity contribution >= 4 is 26.8 Å². The Balaban J connectivity index is 1.86. The molecule has 2 heterocycles. The average Bonchev–Trinajstić information content (AvgIpc) is 2.70. The van der Waals surface area contributed by atoms with Crippen molar-refractivity contribution in [3.8, 4) is 0 Å². The standard InChI is InChI=1S/C16H22BrN3/c1-12-14(5-8-20-9-6-18-7-10-20)15-11-13(17)3-4-16(15)19(12)2/h3-4,11,18H,5-10H2,1-2H3. The van der Waals surface area contributed by atoms with Crippen LogP contribution < -0.4 is 5.32 Å². The molecule has 1 aromatic carbocycles. The minimum atomic E-state index is 1.13. The predicted molar refractivity (Wildman–Crippen MR) is 88.4 cm³/mol. The van der Waals surface area contributed by atoms with Crippen LogP contribution in [0.5, 0.6) is 0 Å². The summed E-state index contributed by atoms with van der Waals surface area (Å²) in [5, 5.41) is 4.81. The van der Waals surface area contributed by atoms with E-state index in [0.717, 1.165) is 26.1 Å². The third kappa shape index (κ3) is 2.65. The van der Waals surface area contributed by atoms with Crippen molar-refractivity contribution in [3.05, 3.63) is 33.9 Å². The number of hydrogen-bond donors (Lipinski definition) is 1. The Labute approximate surface area is 129 Å². The molecule has 4 heteroatoms. The molecule has 3 nitrogen and oxygen atoms in total. The third-order valence-corrected chi connectivity index (χ3v) is 4.97. The molecule has 0 aliphatic carbocycles. The van der Waals surface area contributed by atoms with Crippen LogP contribution in [0.2, 0.25) is 0 Å². The van der Waals surface area contributed by atoms with Crippen molar-refractivity contribution in [2.45, 2.75) is 13.3 Å². The van der Waals surface area contributed by atoms with Gasteiger partial charge < -0.3 is 14.8 Å². The van der Waals surface area contributed by atoms with Gasteiger partial charge in [0, 0.05) is 60.8 Å². The molecule has 1 aliphatic heterocycles. The van der Waals surface area contributed by atoms with Crippen molar-refractivity contribution in [3.63, 3.8) is 0 Å². The molecule has 0 saturated carbocycles. The number of fused-ring (bicyclic) bond motifs is 1. The van der Waals surface area contributed by atoms with E-state index < -0.39 is 0 Å². The van der Waals surface area contributed by atoms with Crippen molar-refractivity contribution < 1.29 is 0 Å². The van der Waals surface area contributed by atoms with Gasteiger partial charge in [0.05, 0.1) is 0 Å². The van der Waals surface area contributed by atoms with E-state index in [0.29, 0.717) is 0 Å². The maximum Gasteiger partial charge on any atom is 0.0483 e. The van der Waals surface area contributed by atoms with Gasteiger partial charge in [-0.2, -0.15) is 0 Å². The lowest BCUT2D eigenvalue weighted by atomic mass is 10.1. The predicted octanol–water partition coefficient (Wildman–Crippen LogP) is 2.70. The van der Waals surface area contributed by atoms with Crippen LogP contribution >= 0.6 is 15.9 Å². The first-order valence-electron chi connectivity index (χ1n) is 7.33. The van der Waals surface area contributed by atoms with E-state index in [4.69, 9.17) is 0 Å². The summed E-state index contributed by atoms with van der Waals surface area (Å²) in [6.07, 6.45) is 1.14. The summed E-state index contributed by atoms with van der Waals surface area (Å²) < 4.78 is 3.48. The van der Waals surface area contributed by atoms with E-state index in [9.17, 15) is 0 Å². The number of rotatable bonds is 3. The highest BCUT2D eigenvalue weighted by Crippen LogP contribution is 2.28. The van der Waals surface area contributed by atoms with Crippen LogP contribution in [0.3, 0.4) is 0 Å². The molecule has 20 heavy (non-hydrogen) atoms. The zero-order valence-corrected chi connectivity index (χ0v) is 13.8. The lowest BCUT2D eigenvalue weighted by Gasteiger charge is -2.27. The van der Waals surface area contributed by atoms with Crippen LogP contribution in [0.15, 0.2) is 22.7 Å². The number of hydrogen-bond acceptors (Lipinski definition) is 2. The largest absolute Gasteiger partial charge is 0.348 e. The van der Waals surface area contributed by atoms with Gasteiger partial charge in [0.2, 0.25) is 0 Å². The molecule has 0 amide bonds. The Morgan fingerprint density at radius 1 is 1.25 bits per heavy atom. The first-order chi connectivity index (χ1) is 9.66. The second kappa shape index (κ2) is 5.88. The maximum absolute atomic E-state index is 3.60. The van der Waals surface area contributed by atoms with Crippen LogP contribution in [-0.4, -0.2) is 42.2 Å². The van der Waals surface area contributed by atoms with E-state index in [-0.39, 0.29) is 0 Å². The third-order valence-electron chi connectivity index (χ3n) is 4.47. The normalized spacial score (nSPS) is 16.9. The number of halogens is 1. The van der Waals surface area contributed by atoms with E-state index in [1.54, 1.807) is 0 Å². The van der Waals surface area contributed by atoms with Crippen molar-refractivity contribution in [2.75, 3.05) is 32.7 Å². The number of piperazine rings is 1. The molecule has 0 radical (unpaired) electrons. The minimum absolute atomic E-state index is 1.13. The Morgan fingerprint density at radius 3 is 2.75 bits per heavy atom. The fraction of sp³-hybridized carbons (Fsp3) is 0.500. The number of nitrogens with zero attached hydrogens (tertiary/aromatic N) is 2. The highest BCUT2D eigenvalue weighted by molar-refractivity contribution is 9.10. The highest BCUT2D eigenvalue weighted by Gasteiger charge is 2.14. The number of benzene rings is 1. The second-order valence-electron chi connectivity index (χ2n) is 5.63. The zero-order valence-electron chi connectivity index (χ0n) is 12.2. The Morgan fingerprint density at radius 2 is 2.00 bits per heavy atom. The van der Waals surface area contributed by atoms with Crippen LogP contribution in [0.1, 0.15) is 11.3 Å². The molecule has 0 atom stereocenters. The molecule has 1 saturated heterocycles. The Kier molecular flexibility index (Phi) is 4.15. The van der Waals surface area contributed by atoms with Gasteiger partial charge in [0.25, 0.3) is 0 Å². The van der Waals surface area contributed by atoms with Gasteiger partial charge in [0.1, 0.15) is 0 Å². The lowest BCUT2D eigenvalue weighted by Crippen LogP contribution is -2.44. The molecule has 2 aromatic rings. The maximum atomic E-state index is 3.60. The number of aromatic nitrogens is 1. The van der Waals surface area contributed by atoms with E-state index in [1.165, 1.54) is 39.7 Å². The molecular formula is C16H22BrN3. The smallest absolute Gasteiger partial charge is 0.0483 e. The molecule has 0 spiro atoms.